The lowest BCUT2D eigenvalue weighted by molar-refractivity contribution is 0.160. The van der Waals surface area contributed by atoms with Crippen LogP contribution in [0.2, 0.25) is 0 Å². The van der Waals surface area contributed by atoms with E-state index in [4.69, 9.17) is 4.98 Å². The van der Waals surface area contributed by atoms with Crippen molar-refractivity contribution >= 4 is 16.9 Å². The zero-order chi connectivity index (χ0) is 26.2. The lowest BCUT2D eigenvalue weighted by atomic mass is 9.95. The zero-order valence-corrected chi connectivity index (χ0v) is 22.1. The van der Waals surface area contributed by atoms with Crippen molar-refractivity contribution in [2.24, 2.45) is 0 Å². The van der Waals surface area contributed by atoms with Crippen LogP contribution >= 0.6 is 0 Å². The van der Waals surface area contributed by atoms with Crippen LogP contribution < -0.4 is 10.9 Å². The summed E-state index contributed by atoms with van der Waals surface area (Å²) in [7, 11) is 0. The molecule has 1 heterocycles. The molecule has 7 heteroatoms. The molecule has 1 N–H and O–H groups in total. The smallest absolute Gasteiger partial charge is 0.318 e. The first-order valence-electron chi connectivity index (χ1n) is 13.9. The Hall–Kier alpha value is -3.22. The largest absolute Gasteiger partial charge is 0.335 e. The number of nitrogens with one attached hydrogen (secondary N) is 1. The maximum absolute atomic E-state index is 13.8. The van der Waals surface area contributed by atoms with Gasteiger partial charge in [0.05, 0.1) is 22.6 Å². The molecule has 1 unspecified atom stereocenters. The second-order valence-corrected chi connectivity index (χ2v) is 10.1. The number of benzene rings is 2. The second kappa shape index (κ2) is 12.8. The first kappa shape index (κ1) is 26.8. The summed E-state index contributed by atoms with van der Waals surface area (Å²) >= 11 is 0. The molecule has 0 spiro atoms. The highest BCUT2D eigenvalue weighted by atomic mass is 19.1. The number of nitrogens with zero attached hydrogens (tertiary/aromatic N) is 3. The fourth-order valence-electron chi connectivity index (χ4n) is 5.37. The molecule has 0 bridgehead atoms. The summed E-state index contributed by atoms with van der Waals surface area (Å²) in [5.41, 5.74) is 0.916. The van der Waals surface area contributed by atoms with Crippen LogP contribution in [-0.4, -0.2) is 33.1 Å². The minimum absolute atomic E-state index is 0.0942. The minimum atomic E-state index is -0.410. The molecule has 1 fully saturated rings. The number of carbonyl (C=O) groups is 1. The SMILES string of the molecule is CCCCCCN(C(=O)NC1CCCCC1)C(CC)c1nc2ccccc2c(=O)n1-c1ccc(F)cc1. The highest BCUT2D eigenvalue weighted by molar-refractivity contribution is 5.78. The van der Waals surface area contributed by atoms with Crippen molar-refractivity contribution in [1.82, 2.24) is 19.8 Å². The fraction of sp³-hybridized carbons (Fsp3) is 0.500. The monoisotopic (exact) mass is 506 g/mol. The molecule has 2 amide bonds. The standard InChI is InChI=1S/C30H39FN4O2/c1-3-5-6-12-21-34(30(37)32-23-13-8-7-9-14-23)27(4-2)28-33-26-16-11-10-15-25(26)29(36)35(28)24-19-17-22(31)18-20-24/h10-11,15-20,23,27H,3-9,12-14,21H2,1-2H3,(H,32,37). The second-order valence-electron chi connectivity index (χ2n) is 10.1. The van der Waals surface area contributed by atoms with Crippen LogP contribution in [0.3, 0.4) is 0 Å². The van der Waals surface area contributed by atoms with E-state index in [0.717, 1.165) is 51.4 Å². The number of para-hydroxylation sites is 1. The van der Waals surface area contributed by atoms with Crippen molar-refractivity contribution < 1.29 is 9.18 Å². The Kier molecular flexibility index (Phi) is 9.31. The molecule has 0 saturated heterocycles. The molecule has 0 radical (unpaired) electrons. The van der Waals surface area contributed by atoms with Crippen molar-refractivity contribution in [2.75, 3.05) is 6.54 Å². The summed E-state index contributed by atoms with van der Waals surface area (Å²) in [6, 6.07) is 12.8. The Bertz CT molecular complexity index is 1230. The average Bonchev–Trinajstić information content (AvgIpc) is 2.92. The van der Waals surface area contributed by atoms with E-state index in [-0.39, 0.29) is 23.4 Å². The summed E-state index contributed by atoms with van der Waals surface area (Å²) < 4.78 is 15.3. The minimum Gasteiger partial charge on any atom is -0.335 e. The summed E-state index contributed by atoms with van der Waals surface area (Å²) in [6.45, 7) is 4.78. The van der Waals surface area contributed by atoms with Gasteiger partial charge < -0.3 is 10.2 Å². The zero-order valence-electron chi connectivity index (χ0n) is 22.1. The van der Waals surface area contributed by atoms with Crippen LogP contribution in [0, 0.1) is 5.82 Å². The molecular formula is C30H39FN4O2. The van der Waals surface area contributed by atoms with Crippen LogP contribution in [0.1, 0.15) is 89.9 Å². The van der Waals surface area contributed by atoms with E-state index in [1.807, 2.05) is 30.0 Å². The van der Waals surface area contributed by atoms with Crippen molar-refractivity contribution in [1.29, 1.82) is 0 Å². The Balaban J connectivity index is 1.79. The molecule has 1 atom stereocenters. The number of halogens is 1. The van der Waals surface area contributed by atoms with Gasteiger partial charge in [-0.05, 0) is 62.1 Å². The van der Waals surface area contributed by atoms with Gasteiger partial charge in [-0.1, -0.05) is 64.5 Å². The van der Waals surface area contributed by atoms with Gasteiger partial charge in [0.1, 0.15) is 11.6 Å². The van der Waals surface area contributed by atoms with Gasteiger partial charge in [-0.15, -0.1) is 0 Å². The lowest BCUT2D eigenvalue weighted by Gasteiger charge is -2.34. The van der Waals surface area contributed by atoms with E-state index < -0.39 is 6.04 Å². The number of rotatable bonds is 10. The molecule has 1 aliphatic rings. The summed E-state index contributed by atoms with van der Waals surface area (Å²) in [5, 5.41) is 3.78. The van der Waals surface area contributed by atoms with Gasteiger partial charge in [-0.25, -0.2) is 14.2 Å². The fourth-order valence-corrected chi connectivity index (χ4v) is 5.37. The van der Waals surface area contributed by atoms with E-state index in [9.17, 15) is 14.0 Å². The third-order valence-electron chi connectivity index (χ3n) is 7.39. The molecule has 37 heavy (non-hydrogen) atoms. The highest BCUT2D eigenvalue weighted by Crippen LogP contribution is 2.27. The van der Waals surface area contributed by atoms with Crippen molar-refractivity contribution in [3.05, 3.63) is 70.5 Å². The van der Waals surface area contributed by atoms with E-state index in [1.165, 1.54) is 18.6 Å². The van der Waals surface area contributed by atoms with Crippen molar-refractivity contribution in [3.63, 3.8) is 0 Å². The number of fused-ring (bicyclic) bond motifs is 1. The maximum Gasteiger partial charge on any atom is 0.318 e. The quantitative estimate of drug-likeness (QED) is 0.304. The number of carbonyl (C=O) groups excluding carboxylic acids is 1. The van der Waals surface area contributed by atoms with Crippen molar-refractivity contribution in [2.45, 2.75) is 90.1 Å². The topological polar surface area (TPSA) is 67.2 Å². The van der Waals surface area contributed by atoms with E-state index >= 15 is 0 Å². The molecule has 4 rings (SSSR count). The third-order valence-corrected chi connectivity index (χ3v) is 7.39. The maximum atomic E-state index is 13.8. The van der Waals surface area contributed by atoms with E-state index in [1.54, 1.807) is 22.8 Å². The lowest BCUT2D eigenvalue weighted by Crippen LogP contribution is -2.48. The summed E-state index contributed by atoms with van der Waals surface area (Å²) in [4.78, 5) is 34.3. The predicted octanol–water partition coefficient (Wildman–Crippen LogP) is 6.90. The Morgan fingerprint density at radius 3 is 2.49 bits per heavy atom. The summed E-state index contributed by atoms with van der Waals surface area (Å²) in [6.07, 6.45) is 10.2. The molecule has 6 nitrogen and oxygen atoms in total. The molecule has 1 aliphatic carbocycles. The van der Waals surface area contributed by atoms with Crippen LogP contribution in [-0.2, 0) is 0 Å². The van der Waals surface area contributed by atoms with Crippen molar-refractivity contribution in [3.8, 4) is 5.69 Å². The third kappa shape index (κ3) is 6.38. The van der Waals surface area contributed by atoms with Gasteiger partial charge in [-0.2, -0.15) is 0 Å². The molecule has 2 aromatic carbocycles. The first-order chi connectivity index (χ1) is 18.0. The number of hydrogen-bond donors (Lipinski definition) is 1. The Morgan fingerprint density at radius 2 is 1.78 bits per heavy atom. The van der Waals surface area contributed by atoms with Gasteiger partial charge in [0.2, 0.25) is 0 Å². The normalized spacial score (nSPS) is 15.0. The molecule has 0 aliphatic heterocycles. The average molecular weight is 507 g/mol. The van der Waals surface area contributed by atoms with Gasteiger partial charge in [0.15, 0.2) is 0 Å². The van der Waals surface area contributed by atoms with Crippen LogP contribution in [0.25, 0.3) is 16.6 Å². The number of unbranched alkanes of at least 4 members (excludes halogenated alkanes) is 3. The molecule has 1 saturated carbocycles. The Labute approximate surface area is 218 Å². The molecular weight excluding hydrogens is 467 g/mol. The summed E-state index contributed by atoms with van der Waals surface area (Å²) in [5.74, 6) is 0.135. The molecule has 3 aromatic rings. The number of hydrogen-bond acceptors (Lipinski definition) is 3. The molecule has 1 aromatic heterocycles. The number of urea groups is 1. The van der Waals surface area contributed by atoms with Gasteiger partial charge in [0, 0.05) is 12.6 Å². The predicted molar refractivity (Wildman–Crippen MR) is 147 cm³/mol. The van der Waals surface area contributed by atoms with Gasteiger partial charge >= 0.3 is 6.03 Å². The van der Waals surface area contributed by atoms with Gasteiger partial charge in [-0.3, -0.25) is 9.36 Å². The van der Waals surface area contributed by atoms with Gasteiger partial charge in [0.25, 0.3) is 5.56 Å². The van der Waals surface area contributed by atoms with E-state index in [2.05, 4.69) is 12.2 Å². The van der Waals surface area contributed by atoms with E-state index in [0.29, 0.717) is 35.4 Å². The van der Waals surface area contributed by atoms with Crippen LogP contribution in [0.5, 0.6) is 0 Å². The molecule has 198 valence electrons. The highest BCUT2D eigenvalue weighted by Gasteiger charge is 2.30. The Morgan fingerprint density at radius 1 is 1.05 bits per heavy atom. The van der Waals surface area contributed by atoms with Crippen LogP contribution in [0.4, 0.5) is 9.18 Å². The van der Waals surface area contributed by atoms with Crippen LogP contribution in [0.15, 0.2) is 53.3 Å². The number of amides is 2. The first-order valence-corrected chi connectivity index (χ1v) is 13.9. The number of aromatic nitrogens is 2.